The first-order chi connectivity index (χ1) is 8.19. The van der Waals surface area contributed by atoms with Crippen molar-refractivity contribution in [1.82, 2.24) is 14.6 Å². The van der Waals surface area contributed by atoms with Crippen LogP contribution in [0.2, 0.25) is 0 Å². The van der Waals surface area contributed by atoms with Crippen molar-refractivity contribution in [2.24, 2.45) is 0 Å². The van der Waals surface area contributed by atoms with Crippen molar-refractivity contribution >= 4 is 11.6 Å². The van der Waals surface area contributed by atoms with Gasteiger partial charge in [0.25, 0.3) is 0 Å². The molecule has 0 aliphatic carbocycles. The van der Waals surface area contributed by atoms with Crippen LogP contribution in [0, 0.1) is 6.92 Å². The van der Waals surface area contributed by atoms with Crippen LogP contribution < -0.4 is 5.32 Å². The van der Waals surface area contributed by atoms with Crippen molar-refractivity contribution in [1.29, 1.82) is 0 Å². The Bertz CT molecular complexity index is 494. The van der Waals surface area contributed by atoms with Crippen LogP contribution in [0.5, 0.6) is 0 Å². The first-order valence-electron chi connectivity index (χ1n) is 5.94. The van der Waals surface area contributed by atoms with Gasteiger partial charge in [-0.3, -0.25) is 0 Å². The number of hydrogen-bond acceptors (Lipinski definition) is 4. The SMILES string of the molecule is CCC(O)CCNc1nc2ccc(C)cn2n1. The number of aryl methyl sites for hydroxylation is 1. The smallest absolute Gasteiger partial charge is 0.243 e. The molecule has 2 aromatic rings. The summed E-state index contributed by atoms with van der Waals surface area (Å²) in [6.45, 7) is 4.67. The van der Waals surface area contributed by atoms with Gasteiger partial charge in [-0.05, 0) is 31.4 Å². The number of aliphatic hydroxyl groups is 1. The Balaban J connectivity index is 1.99. The molecule has 5 nitrogen and oxygen atoms in total. The maximum atomic E-state index is 9.43. The van der Waals surface area contributed by atoms with Crippen LogP contribution in [0.25, 0.3) is 5.65 Å². The highest BCUT2D eigenvalue weighted by Gasteiger charge is 2.04. The van der Waals surface area contributed by atoms with Crippen LogP contribution in [0.4, 0.5) is 5.95 Å². The maximum Gasteiger partial charge on any atom is 0.243 e. The first-order valence-corrected chi connectivity index (χ1v) is 5.94. The van der Waals surface area contributed by atoms with Crippen LogP contribution in [-0.4, -0.2) is 32.4 Å². The molecular formula is C12H18N4O. The number of nitrogens with one attached hydrogen (secondary N) is 1. The van der Waals surface area contributed by atoms with Crippen LogP contribution in [0.1, 0.15) is 25.3 Å². The zero-order chi connectivity index (χ0) is 12.3. The van der Waals surface area contributed by atoms with Gasteiger partial charge in [0.05, 0.1) is 6.10 Å². The Hall–Kier alpha value is -1.62. The quantitative estimate of drug-likeness (QED) is 0.825. The monoisotopic (exact) mass is 234 g/mol. The molecule has 1 atom stereocenters. The zero-order valence-corrected chi connectivity index (χ0v) is 10.2. The van der Waals surface area contributed by atoms with Gasteiger partial charge in [0.1, 0.15) is 0 Å². The Kier molecular flexibility index (Phi) is 3.58. The molecule has 1 unspecified atom stereocenters. The van der Waals surface area contributed by atoms with Crippen molar-refractivity contribution in [3.63, 3.8) is 0 Å². The summed E-state index contributed by atoms with van der Waals surface area (Å²) in [6.07, 6.45) is 3.18. The van der Waals surface area contributed by atoms with Crippen molar-refractivity contribution in [2.45, 2.75) is 32.8 Å². The summed E-state index contributed by atoms with van der Waals surface area (Å²) in [5.41, 5.74) is 1.98. The van der Waals surface area contributed by atoms with E-state index in [0.29, 0.717) is 18.9 Å². The third kappa shape index (κ3) is 2.94. The summed E-state index contributed by atoms with van der Waals surface area (Å²) < 4.78 is 1.76. The van der Waals surface area contributed by atoms with E-state index in [2.05, 4.69) is 15.4 Å². The van der Waals surface area contributed by atoms with Gasteiger partial charge >= 0.3 is 0 Å². The number of nitrogens with zero attached hydrogens (tertiary/aromatic N) is 3. The van der Waals surface area contributed by atoms with Crippen molar-refractivity contribution in [2.75, 3.05) is 11.9 Å². The van der Waals surface area contributed by atoms with Gasteiger partial charge in [-0.2, -0.15) is 4.98 Å². The highest BCUT2D eigenvalue weighted by atomic mass is 16.3. The summed E-state index contributed by atoms with van der Waals surface area (Å²) in [4.78, 5) is 4.34. The molecular weight excluding hydrogens is 216 g/mol. The number of aliphatic hydroxyl groups excluding tert-OH is 1. The second kappa shape index (κ2) is 5.14. The highest BCUT2D eigenvalue weighted by molar-refractivity contribution is 5.43. The van der Waals surface area contributed by atoms with Crippen molar-refractivity contribution < 1.29 is 5.11 Å². The fourth-order valence-electron chi connectivity index (χ4n) is 1.62. The normalized spacial score (nSPS) is 12.9. The lowest BCUT2D eigenvalue weighted by Crippen LogP contribution is -2.12. The number of aromatic nitrogens is 3. The minimum absolute atomic E-state index is 0.248. The predicted octanol–water partition coefficient (Wildman–Crippen LogP) is 1.61. The van der Waals surface area contributed by atoms with Gasteiger partial charge in [0.15, 0.2) is 5.65 Å². The van der Waals surface area contributed by atoms with Crippen LogP contribution in [-0.2, 0) is 0 Å². The van der Waals surface area contributed by atoms with Crippen molar-refractivity contribution in [3.8, 4) is 0 Å². The summed E-state index contributed by atoms with van der Waals surface area (Å²) in [5.74, 6) is 0.610. The van der Waals surface area contributed by atoms with Gasteiger partial charge in [-0.1, -0.05) is 13.0 Å². The third-order valence-corrected chi connectivity index (χ3v) is 2.71. The van der Waals surface area contributed by atoms with E-state index in [4.69, 9.17) is 0 Å². The van der Waals surface area contributed by atoms with E-state index < -0.39 is 0 Å². The molecule has 2 rings (SSSR count). The molecule has 92 valence electrons. The summed E-state index contributed by atoms with van der Waals surface area (Å²) in [5, 5.41) is 16.9. The minimum atomic E-state index is -0.248. The Labute approximate surface area is 100 Å². The second-order valence-electron chi connectivity index (χ2n) is 4.22. The molecule has 0 saturated carbocycles. The summed E-state index contributed by atoms with van der Waals surface area (Å²) >= 11 is 0. The molecule has 2 aromatic heterocycles. The van der Waals surface area contributed by atoms with Crippen LogP contribution in [0.3, 0.4) is 0 Å². The van der Waals surface area contributed by atoms with E-state index in [1.807, 2.05) is 32.2 Å². The second-order valence-corrected chi connectivity index (χ2v) is 4.22. The van der Waals surface area contributed by atoms with Crippen molar-refractivity contribution in [3.05, 3.63) is 23.9 Å². The Morgan fingerprint density at radius 3 is 3.06 bits per heavy atom. The van der Waals surface area contributed by atoms with E-state index >= 15 is 0 Å². The predicted molar refractivity (Wildman–Crippen MR) is 67.1 cm³/mol. The highest BCUT2D eigenvalue weighted by Crippen LogP contribution is 2.07. The molecule has 0 amide bonds. The fourth-order valence-corrected chi connectivity index (χ4v) is 1.62. The lowest BCUT2D eigenvalue weighted by molar-refractivity contribution is 0.164. The molecule has 0 spiro atoms. The van der Waals surface area contributed by atoms with Gasteiger partial charge in [0.2, 0.25) is 5.95 Å². The number of fused-ring (bicyclic) bond motifs is 1. The molecule has 0 aliphatic heterocycles. The molecule has 0 fully saturated rings. The van der Waals surface area contributed by atoms with E-state index in [1.165, 1.54) is 0 Å². The standard InChI is InChI=1S/C12H18N4O/c1-3-10(17)6-7-13-12-14-11-5-4-9(2)8-16(11)15-12/h4-5,8,10,17H,3,6-7H2,1-2H3,(H,13,15). The number of hydrogen-bond donors (Lipinski definition) is 2. The van der Waals surface area contributed by atoms with Gasteiger partial charge in [0, 0.05) is 12.7 Å². The summed E-state index contributed by atoms with van der Waals surface area (Å²) in [7, 11) is 0. The lowest BCUT2D eigenvalue weighted by Gasteiger charge is -2.06. The molecule has 17 heavy (non-hydrogen) atoms. The minimum Gasteiger partial charge on any atom is -0.393 e. The lowest BCUT2D eigenvalue weighted by atomic mass is 10.2. The molecule has 0 saturated heterocycles. The van der Waals surface area contributed by atoms with Gasteiger partial charge < -0.3 is 10.4 Å². The average Bonchev–Trinajstić information content (AvgIpc) is 2.70. The summed E-state index contributed by atoms with van der Waals surface area (Å²) in [6, 6.07) is 3.95. The molecule has 5 heteroatoms. The molecule has 0 aromatic carbocycles. The van der Waals surface area contributed by atoms with Crippen LogP contribution in [0.15, 0.2) is 18.3 Å². The van der Waals surface area contributed by atoms with E-state index in [9.17, 15) is 5.11 Å². The molecule has 0 aliphatic rings. The first kappa shape index (κ1) is 11.9. The zero-order valence-electron chi connectivity index (χ0n) is 10.2. The Morgan fingerprint density at radius 2 is 2.29 bits per heavy atom. The molecule has 0 radical (unpaired) electrons. The maximum absolute atomic E-state index is 9.43. The number of pyridine rings is 1. The van der Waals surface area contributed by atoms with Crippen LogP contribution >= 0.6 is 0 Å². The molecule has 2 N–H and O–H groups in total. The van der Waals surface area contributed by atoms with E-state index in [-0.39, 0.29) is 6.10 Å². The van der Waals surface area contributed by atoms with Gasteiger partial charge in [-0.25, -0.2) is 4.52 Å². The molecule has 2 heterocycles. The van der Waals surface area contributed by atoms with E-state index in [1.54, 1.807) is 4.52 Å². The van der Waals surface area contributed by atoms with Gasteiger partial charge in [-0.15, -0.1) is 5.10 Å². The average molecular weight is 234 g/mol. The fraction of sp³-hybridized carbons (Fsp3) is 0.500. The largest absolute Gasteiger partial charge is 0.393 e. The topological polar surface area (TPSA) is 62.5 Å². The van der Waals surface area contributed by atoms with E-state index in [0.717, 1.165) is 17.6 Å². The molecule has 0 bridgehead atoms. The third-order valence-electron chi connectivity index (χ3n) is 2.71. The number of anilines is 1. The Morgan fingerprint density at radius 1 is 1.47 bits per heavy atom. The number of rotatable bonds is 5.